The molecular weight excluding hydrogens is 363 g/mol. The molecule has 11 heteroatoms. The summed E-state index contributed by atoms with van der Waals surface area (Å²) in [6, 6.07) is 0. The van der Waals surface area contributed by atoms with Gasteiger partial charge in [0.05, 0.1) is 17.1 Å². The zero-order valence-corrected chi connectivity index (χ0v) is 15.2. The summed E-state index contributed by atoms with van der Waals surface area (Å²) in [5, 5.41) is 13.1. The van der Waals surface area contributed by atoms with E-state index in [0.29, 0.717) is 34.8 Å². The van der Waals surface area contributed by atoms with Gasteiger partial charge in [0.1, 0.15) is 0 Å². The average molecular weight is 381 g/mol. The second kappa shape index (κ2) is 6.63. The number of carbonyl (C=O) groups is 1. The zero-order valence-electron chi connectivity index (χ0n) is 15.2. The number of amides is 1. The lowest BCUT2D eigenvalue weighted by Gasteiger charge is -2.10. The number of aromatic nitrogens is 6. The maximum absolute atomic E-state index is 12.8. The molecule has 0 unspecified atom stereocenters. The molecule has 27 heavy (non-hydrogen) atoms. The van der Waals surface area contributed by atoms with Crippen LogP contribution in [-0.4, -0.2) is 35.7 Å². The lowest BCUT2D eigenvalue weighted by Crippen LogP contribution is -2.15. The van der Waals surface area contributed by atoms with Crippen molar-refractivity contribution in [3.8, 4) is 0 Å². The fourth-order valence-electron chi connectivity index (χ4n) is 2.87. The summed E-state index contributed by atoms with van der Waals surface area (Å²) in [7, 11) is 0. The minimum absolute atomic E-state index is 0.116. The maximum atomic E-state index is 12.8. The highest BCUT2D eigenvalue weighted by Gasteiger charge is 2.36. The SMILES string of the molecule is Cc1nc2nc(C(F)(F)F)nn2c(C)c1CCC(=O)Nc1c(C)n[nH]c1C. The summed E-state index contributed by atoms with van der Waals surface area (Å²) in [6.45, 7) is 6.87. The molecule has 0 saturated carbocycles. The van der Waals surface area contributed by atoms with E-state index in [9.17, 15) is 18.0 Å². The lowest BCUT2D eigenvalue weighted by molar-refractivity contribution is -0.144. The van der Waals surface area contributed by atoms with Crippen molar-refractivity contribution >= 4 is 17.4 Å². The van der Waals surface area contributed by atoms with Crippen LogP contribution < -0.4 is 5.32 Å². The number of aromatic amines is 1. The Kier molecular flexibility index (Phi) is 4.62. The van der Waals surface area contributed by atoms with Crippen LogP contribution in [-0.2, 0) is 17.4 Å². The number of nitrogens with one attached hydrogen (secondary N) is 2. The smallest absolute Gasteiger partial charge is 0.323 e. The van der Waals surface area contributed by atoms with Gasteiger partial charge in [0.25, 0.3) is 11.6 Å². The van der Waals surface area contributed by atoms with Gasteiger partial charge in [-0.25, -0.2) is 9.50 Å². The Morgan fingerprint density at radius 1 is 1.15 bits per heavy atom. The molecule has 3 rings (SSSR count). The minimum Gasteiger partial charge on any atom is -0.323 e. The monoisotopic (exact) mass is 381 g/mol. The van der Waals surface area contributed by atoms with Gasteiger partial charge in [-0.2, -0.15) is 23.3 Å². The van der Waals surface area contributed by atoms with Crippen molar-refractivity contribution in [2.75, 3.05) is 5.32 Å². The fraction of sp³-hybridized carbons (Fsp3) is 0.438. The van der Waals surface area contributed by atoms with Crippen LogP contribution in [0.15, 0.2) is 0 Å². The highest BCUT2D eigenvalue weighted by molar-refractivity contribution is 5.92. The third-order valence-electron chi connectivity index (χ3n) is 4.30. The van der Waals surface area contributed by atoms with E-state index in [1.807, 2.05) is 0 Å². The number of hydrogen-bond acceptors (Lipinski definition) is 5. The third kappa shape index (κ3) is 3.62. The molecule has 0 fully saturated rings. The highest BCUT2D eigenvalue weighted by atomic mass is 19.4. The second-order valence-corrected chi connectivity index (χ2v) is 6.26. The topological polar surface area (TPSA) is 101 Å². The third-order valence-corrected chi connectivity index (χ3v) is 4.30. The first-order valence-corrected chi connectivity index (χ1v) is 8.19. The van der Waals surface area contributed by atoms with E-state index < -0.39 is 12.0 Å². The van der Waals surface area contributed by atoms with Gasteiger partial charge in [-0.05, 0) is 39.7 Å². The molecule has 144 valence electrons. The van der Waals surface area contributed by atoms with Crippen molar-refractivity contribution in [1.29, 1.82) is 0 Å². The number of rotatable bonds is 4. The predicted octanol–water partition coefficient (Wildman–Crippen LogP) is 2.67. The molecule has 0 bridgehead atoms. The van der Waals surface area contributed by atoms with Crippen molar-refractivity contribution in [3.05, 3.63) is 34.2 Å². The lowest BCUT2D eigenvalue weighted by atomic mass is 10.1. The predicted molar refractivity (Wildman–Crippen MR) is 90.3 cm³/mol. The van der Waals surface area contributed by atoms with Gasteiger partial charge < -0.3 is 5.32 Å². The maximum Gasteiger partial charge on any atom is 0.453 e. The van der Waals surface area contributed by atoms with Crippen molar-refractivity contribution in [3.63, 3.8) is 0 Å². The van der Waals surface area contributed by atoms with Gasteiger partial charge in [0.2, 0.25) is 5.91 Å². The van der Waals surface area contributed by atoms with E-state index in [-0.39, 0.29) is 18.1 Å². The van der Waals surface area contributed by atoms with Crippen molar-refractivity contribution in [1.82, 2.24) is 29.8 Å². The van der Waals surface area contributed by atoms with Gasteiger partial charge in [0.15, 0.2) is 0 Å². The van der Waals surface area contributed by atoms with Crippen LogP contribution in [0.2, 0.25) is 0 Å². The zero-order chi connectivity index (χ0) is 19.9. The molecular formula is C16H18F3N7O. The van der Waals surface area contributed by atoms with Gasteiger partial charge >= 0.3 is 6.18 Å². The molecule has 0 aliphatic rings. The molecule has 0 aliphatic heterocycles. The molecule has 2 N–H and O–H groups in total. The standard InChI is InChI=1S/C16H18F3N7O/c1-7-11(5-6-12(27)21-13-8(2)23-24-9(13)3)10(4)26-15(20-7)22-14(25-26)16(17,18)19/h5-6H2,1-4H3,(H,21,27)(H,23,24). The molecule has 0 saturated heterocycles. The van der Waals surface area contributed by atoms with Gasteiger partial charge in [-0.3, -0.25) is 9.89 Å². The number of alkyl halides is 3. The Bertz CT molecular complexity index is 1000. The van der Waals surface area contributed by atoms with E-state index in [4.69, 9.17) is 0 Å². The van der Waals surface area contributed by atoms with Crippen molar-refractivity contribution in [2.24, 2.45) is 0 Å². The Morgan fingerprint density at radius 2 is 1.85 bits per heavy atom. The van der Waals surface area contributed by atoms with Gasteiger partial charge in [-0.1, -0.05) is 0 Å². The van der Waals surface area contributed by atoms with E-state index in [1.165, 1.54) is 0 Å². The number of hydrogen-bond donors (Lipinski definition) is 2. The number of fused-ring (bicyclic) bond motifs is 1. The average Bonchev–Trinajstić information content (AvgIpc) is 3.13. The largest absolute Gasteiger partial charge is 0.453 e. The number of anilines is 1. The van der Waals surface area contributed by atoms with Crippen molar-refractivity contribution in [2.45, 2.75) is 46.7 Å². The number of carbonyl (C=O) groups excluding carboxylic acids is 1. The van der Waals surface area contributed by atoms with Crippen LogP contribution in [0.25, 0.3) is 5.78 Å². The number of halogens is 3. The summed E-state index contributed by atoms with van der Waals surface area (Å²) >= 11 is 0. The first-order chi connectivity index (χ1) is 12.6. The molecule has 3 aromatic heterocycles. The highest BCUT2D eigenvalue weighted by Crippen LogP contribution is 2.27. The summed E-state index contributed by atoms with van der Waals surface area (Å²) < 4.78 is 39.6. The van der Waals surface area contributed by atoms with E-state index in [2.05, 4.69) is 30.6 Å². The molecule has 0 aromatic carbocycles. The minimum atomic E-state index is -4.64. The van der Waals surface area contributed by atoms with Crippen molar-refractivity contribution < 1.29 is 18.0 Å². The molecule has 3 heterocycles. The molecule has 0 radical (unpaired) electrons. The summed E-state index contributed by atoms with van der Waals surface area (Å²) in [4.78, 5) is 19.8. The fourth-order valence-corrected chi connectivity index (χ4v) is 2.87. The summed E-state index contributed by atoms with van der Waals surface area (Å²) in [5.74, 6) is -1.58. The molecule has 1 amide bonds. The van der Waals surface area contributed by atoms with E-state index >= 15 is 0 Å². The molecule has 0 spiro atoms. The number of nitrogens with zero attached hydrogens (tertiary/aromatic N) is 5. The second-order valence-electron chi connectivity index (χ2n) is 6.26. The first-order valence-electron chi connectivity index (χ1n) is 8.19. The van der Waals surface area contributed by atoms with Crippen LogP contribution in [0.1, 0.15) is 40.6 Å². The van der Waals surface area contributed by atoms with Crippen LogP contribution in [0.5, 0.6) is 0 Å². The van der Waals surface area contributed by atoms with Crippen LogP contribution in [0.3, 0.4) is 0 Å². The Morgan fingerprint density at radius 3 is 2.44 bits per heavy atom. The summed E-state index contributed by atoms with van der Waals surface area (Å²) in [5.41, 5.74) is 3.72. The molecule has 3 aromatic rings. The molecule has 0 atom stereocenters. The van der Waals surface area contributed by atoms with Crippen LogP contribution in [0.4, 0.5) is 18.9 Å². The van der Waals surface area contributed by atoms with Gasteiger partial charge in [0, 0.05) is 17.8 Å². The van der Waals surface area contributed by atoms with E-state index in [1.54, 1.807) is 27.7 Å². The first kappa shape index (κ1) is 18.8. The summed E-state index contributed by atoms with van der Waals surface area (Å²) in [6.07, 6.45) is -4.20. The molecule has 0 aliphatic carbocycles. The number of H-pyrrole nitrogens is 1. The van der Waals surface area contributed by atoms with Crippen LogP contribution in [0, 0.1) is 27.7 Å². The Balaban J connectivity index is 1.81. The normalized spacial score (nSPS) is 12.0. The number of aryl methyl sites for hydroxylation is 4. The van der Waals surface area contributed by atoms with E-state index in [0.717, 1.165) is 10.2 Å². The Labute approximate surface area is 152 Å². The molecule has 8 nitrogen and oxygen atoms in total. The van der Waals surface area contributed by atoms with Crippen LogP contribution >= 0.6 is 0 Å². The Hall–Kier alpha value is -2.98. The van der Waals surface area contributed by atoms with Gasteiger partial charge in [-0.15, -0.1) is 5.10 Å². The quantitative estimate of drug-likeness (QED) is 0.724.